The van der Waals surface area contributed by atoms with Crippen molar-refractivity contribution in [2.75, 3.05) is 32.8 Å². The quantitative estimate of drug-likeness (QED) is 0.906. The second-order valence-corrected chi connectivity index (χ2v) is 5.62. The van der Waals surface area contributed by atoms with E-state index in [0.717, 1.165) is 37.4 Å². The predicted molar refractivity (Wildman–Crippen MR) is 79.0 cm³/mol. The zero-order valence-corrected chi connectivity index (χ0v) is 11.9. The lowest BCUT2D eigenvalue weighted by Gasteiger charge is -2.24. The summed E-state index contributed by atoms with van der Waals surface area (Å²) in [6.45, 7) is 3.49. The molecule has 2 aliphatic heterocycles. The highest BCUT2D eigenvalue weighted by Gasteiger charge is 2.18. The van der Waals surface area contributed by atoms with E-state index in [2.05, 4.69) is 16.3 Å². The molecule has 5 heteroatoms. The first-order chi connectivity index (χ1) is 9.70. The van der Waals surface area contributed by atoms with Crippen LogP contribution in [0.1, 0.15) is 12.0 Å². The number of nitrogens with one attached hydrogen (secondary N) is 1. The topological polar surface area (TPSA) is 41.6 Å². The summed E-state index contributed by atoms with van der Waals surface area (Å²) in [4.78, 5) is 13.7. The van der Waals surface area contributed by atoms with Gasteiger partial charge in [-0.2, -0.15) is 0 Å². The average molecular weight is 293 g/mol. The van der Waals surface area contributed by atoms with Gasteiger partial charge in [-0.05, 0) is 36.3 Å². The molecule has 2 aliphatic rings. The van der Waals surface area contributed by atoms with Gasteiger partial charge in [0.15, 0.2) is 0 Å². The number of hydrogen-bond acceptors (Lipinski definition) is 3. The molecule has 0 saturated carbocycles. The summed E-state index contributed by atoms with van der Waals surface area (Å²) < 4.78 is 5.74. The lowest BCUT2D eigenvalue weighted by Crippen LogP contribution is -2.35. The zero-order chi connectivity index (χ0) is 13.9. The SMILES string of the molecule is O=C1CN(CC2=Cc3cc(Cl)ccc3OC2)CCCN1. The van der Waals surface area contributed by atoms with E-state index in [1.807, 2.05) is 18.2 Å². The Balaban J connectivity index is 1.73. The monoisotopic (exact) mass is 292 g/mol. The summed E-state index contributed by atoms with van der Waals surface area (Å²) in [7, 11) is 0. The minimum atomic E-state index is 0.100. The molecule has 0 aromatic heterocycles. The fourth-order valence-corrected chi connectivity index (χ4v) is 2.76. The smallest absolute Gasteiger partial charge is 0.234 e. The Morgan fingerprint density at radius 3 is 3.20 bits per heavy atom. The van der Waals surface area contributed by atoms with E-state index >= 15 is 0 Å². The van der Waals surface area contributed by atoms with Crippen LogP contribution in [0.15, 0.2) is 23.8 Å². The Hall–Kier alpha value is -1.52. The van der Waals surface area contributed by atoms with E-state index in [4.69, 9.17) is 16.3 Å². The number of rotatable bonds is 2. The van der Waals surface area contributed by atoms with Crippen molar-refractivity contribution in [2.24, 2.45) is 0 Å². The van der Waals surface area contributed by atoms with Crippen LogP contribution < -0.4 is 10.1 Å². The maximum atomic E-state index is 11.6. The molecule has 0 bridgehead atoms. The van der Waals surface area contributed by atoms with Gasteiger partial charge in [-0.25, -0.2) is 0 Å². The molecule has 1 fully saturated rings. The van der Waals surface area contributed by atoms with Gasteiger partial charge in [0.2, 0.25) is 5.91 Å². The van der Waals surface area contributed by atoms with Gasteiger partial charge in [-0.1, -0.05) is 11.6 Å². The number of carbonyl (C=O) groups is 1. The van der Waals surface area contributed by atoms with E-state index in [0.29, 0.717) is 18.2 Å². The fraction of sp³-hybridized carbons (Fsp3) is 0.400. The van der Waals surface area contributed by atoms with Crippen molar-refractivity contribution in [1.82, 2.24) is 10.2 Å². The van der Waals surface area contributed by atoms with Gasteiger partial charge in [-0.3, -0.25) is 9.69 Å². The van der Waals surface area contributed by atoms with Crippen molar-refractivity contribution in [3.8, 4) is 5.75 Å². The van der Waals surface area contributed by atoms with Gasteiger partial charge in [-0.15, -0.1) is 0 Å². The number of carbonyl (C=O) groups excluding carboxylic acids is 1. The molecular weight excluding hydrogens is 276 g/mol. The maximum Gasteiger partial charge on any atom is 0.234 e. The largest absolute Gasteiger partial charge is 0.489 e. The summed E-state index contributed by atoms with van der Waals surface area (Å²) in [6.07, 6.45) is 3.11. The molecule has 0 atom stereocenters. The van der Waals surface area contributed by atoms with E-state index in [9.17, 15) is 4.79 Å². The normalized spacial score (nSPS) is 19.4. The molecule has 0 unspecified atom stereocenters. The maximum absolute atomic E-state index is 11.6. The molecule has 4 nitrogen and oxygen atoms in total. The van der Waals surface area contributed by atoms with E-state index < -0.39 is 0 Å². The molecule has 106 valence electrons. The number of ether oxygens (including phenoxy) is 1. The van der Waals surface area contributed by atoms with Crippen LogP contribution in [0.3, 0.4) is 0 Å². The summed E-state index contributed by atoms with van der Waals surface area (Å²) in [5.41, 5.74) is 2.19. The Labute approximate surface area is 123 Å². The molecule has 0 aliphatic carbocycles. The van der Waals surface area contributed by atoms with Crippen molar-refractivity contribution in [1.29, 1.82) is 0 Å². The van der Waals surface area contributed by atoms with Crippen molar-refractivity contribution < 1.29 is 9.53 Å². The Morgan fingerprint density at radius 1 is 1.40 bits per heavy atom. The van der Waals surface area contributed by atoms with Crippen molar-refractivity contribution >= 4 is 23.6 Å². The highest BCUT2D eigenvalue weighted by molar-refractivity contribution is 6.30. The van der Waals surface area contributed by atoms with Crippen molar-refractivity contribution in [2.45, 2.75) is 6.42 Å². The van der Waals surface area contributed by atoms with Crippen LogP contribution in [-0.4, -0.2) is 43.6 Å². The number of amides is 1. The highest BCUT2D eigenvalue weighted by Crippen LogP contribution is 2.29. The molecule has 0 radical (unpaired) electrons. The van der Waals surface area contributed by atoms with Crippen molar-refractivity contribution in [3.05, 3.63) is 34.4 Å². The standard InChI is InChI=1S/C15H17ClN2O2/c16-13-2-3-14-12(7-13)6-11(10-20-14)8-18-5-1-4-17-15(19)9-18/h2-3,6-7H,1,4-5,8-10H2,(H,17,19). The summed E-state index contributed by atoms with van der Waals surface area (Å²) in [5.74, 6) is 0.968. The number of hydrogen-bond donors (Lipinski definition) is 1. The van der Waals surface area contributed by atoms with Crippen LogP contribution in [0.2, 0.25) is 5.02 Å². The molecule has 1 saturated heterocycles. The van der Waals surface area contributed by atoms with E-state index in [1.165, 1.54) is 5.57 Å². The lowest BCUT2D eigenvalue weighted by molar-refractivity contribution is -0.121. The molecule has 3 rings (SSSR count). The first kappa shape index (κ1) is 13.5. The third-order valence-corrected chi connectivity index (χ3v) is 3.75. The van der Waals surface area contributed by atoms with Gasteiger partial charge in [0.05, 0.1) is 6.54 Å². The van der Waals surface area contributed by atoms with Crippen LogP contribution in [0.5, 0.6) is 5.75 Å². The number of fused-ring (bicyclic) bond motifs is 1. The molecule has 1 aromatic carbocycles. The second kappa shape index (κ2) is 5.85. The zero-order valence-electron chi connectivity index (χ0n) is 11.2. The van der Waals surface area contributed by atoms with Crippen LogP contribution in [-0.2, 0) is 4.79 Å². The Bertz CT molecular complexity index is 557. The Morgan fingerprint density at radius 2 is 2.30 bits per heavy atom. The average Bonchev–Trinajstić information content (AvgIpc) is 2.62. The summed E-state index contributed by atoms with van der Waals surface area (Å²) >= 11 is 6.01. The molecule has 0 spiro atoms. The van der Waals surface area contributed by atoms with E-state index in [1.54, 1.807) is 0 Å². The second-order valence-electron chi connectivity index (χ2n) is 5.19. The van der Waals surface area contributed by atoms with Gasteiger partial charge in [0, 0.05) is 30.2 Å². The van der Waals surface area contributed by atoms with Gasteiger partial charge in [0.25, 0.3) is 0 Å². The first-order valence-corrected chi connectivity index (χ1v) is 7.19. The minimum Gasteiger partial charge on any atom is -0.489 e. The van der Waals surface area contributed by atoms with Gasteiger partial charge >= 0.3 is 0 Å². The fourth-order valence-electron chi connectivity index (χ4n) is 2.58. The third-order valence-electron chi connectivity index (χ3n) is 3.51. The number of benzene rings is 1. The van der Waals surface area contributed by atoms with Gasteiger partial charge < -0.3 is 10.1 Å². The lowest BCUT2D eigenvalue weighted by atomic mass is 10.1. The van der Waals surface area contributed by atoms with Crippen LogP contribution >= 0.6 is 11.6 Å². The molecular formula is C15H17ClN2O2. The summed E-state index contributed by atoms with van der Waals surface area (Å²) in [6, 6.07) is 5.63. The number of halogens is 1. The van der Waals surface area contributed by atoms with E-state index in [-0.39, 0.29) is 5.91 Å². The van der Waals surface area contributed by atoms with Crippen LogP contribution in [0, 0.1) is 0 Å². The van der Waals surface area contributed by atoms with Gasteiger partial charge in [0.1, 0.15) is 12.4 Å². The highest BCUT2D eigenvalue weighted by atomic mass is 35.5. The molecule has 1 N–H and O–H groups in total. The molecule has 1 aromatic rings. The van der Waals surface area contributed by atoms with Crippen molar-refractivity contribution in [3.63, 3.8) is 0 Å². The first-order valence-electron chi connectivity index (χ1n) is 6.81. The summed E-state index contributed by atoms with van der Waals surface area (Å²) in [5, 5.41) is 3.59. The minimum absolute atomic E-state index is 0.100. The predicted octanol–water partition coefficient (Wildman–Crippen LogP) is 1.94. The van der Waals surface area contributed by atoms with Crippen LogP contribution in [0.25, 0.3) is 6.08 Å². The molecule has 2 heterocycles. The Kier molecular flexibility index (Phi) is 3.94. The molecule has 20 heavy (non-hydrogen) atoms. The number of nitrogens with zero attached hydrogens (tertiary/aromatic N) is 1. The molecule has 1 amide bonds. The third kappa shape index (κ3) is 3.14. The van der Waals surface area contributed by atoms with Crippen LogP contribution in [0.4, 0.5) is 0 Å².